The Bertz CT molecular complexity index is 424. The molecule has 0 saturated carbocycles. The van der Waals surface area contributed by atoms with Crippen molar-refractivity contribution < 1.29 is 31.4 Å². The van der Waals surface area contributed by atoms with Crippen molar-refractivity contribution in [1.82, 2.24) is 4.98 Å². The van der Waals surface area contributed by atoms with E-state index in [0.29, 0.717) is 0 Å². The van der Waals surface area contributed by atoms with Crippen LogP contribution in [-0.4, -0.2) is 18.5 Å². The van der Waals surface area contributed by atoms with Crippen LogP contribution in [0, 0.1) is 0 Å². The lowest BCUT2D eigenvalue weighted by atomic mass is 10.2. The number of methoxy groups -OCH3 is 1. The van der Waals surface area contributed by atoms with E-state index in [1.54, 1.807) is 0 Å². The number of nitrogens with zero attached hydrogens (tertiary/aromatic N) is 1. The second kappa shape index (κ2) is 5.55. The molecule has 0 aliphatic rings. The molecule has 0 N–H and O–H groups in total. The van der Waals surface area contributed by atoms with E-state index in [1.807, 2.05) is 0 Å². The number of hydrogen-bond donors (Lipinski definition) is 0. The smallest absolute Gasteiger partial charge is 0.491 e. The summed E-state index contributed by atoms with van der Waals surface area (Å²) in [6.45, 7) is 0. The van der Waals surface area contributed by atoms with Crippen molar-refractivity contribution in [3.63, 3.8) is 0 Å². The first-order valence-corrected chi connectivity index (χ1v) is 4.99. The van der Waals surface area contributed by atoms with E-state index in [4.69, 9.17) is 11.6 Å². The maximum absolute atomic E-state index is 12.4. The third-order valence-electron chi connectivity index (χ3n) is 1.82. The molecule has 0 aliphatic carbocycles. The fourth-order valence-electron chi connectivity index (χ4n) is 1.19. The summed E-state index contributed by atoms with van der Waals surface area (Å²) in [6.07, 6.45) is -8.11. The first-order valence-electron chi connectivity index (χ1n) is 4.46. The van der Waals surface area contributed by atoms with Crippen LogP contribution in [0.25, 0.3) is 0 Å². The van der Waals surface area contributed by atoms with Crippen LogP contribution in [0.2, 0.25) is 0 Å². The summed E-state index contributed by atoms with van der Waals surface area (Å²) >= 11 is 5.44. The maximum atomic E-state index is 12.4. The van der Waals surface area contributed by atoms with Gasteiger partial charge in [0, 0.05) is 5.56 Å². The van der Waals surface area contributed by atoms with Crippen LogP contribution >= 0.6 is 11.6 Å². The number of halogens is 6. The van der Waals surface area contributed by atoms with Crippen LogP contribution in [0.3, 0.4) is 0 Å². The summed E-state index contributed by atoms with van der Waals surface area (Å²) in [7, 11) is 1.05. The van der Waals surface area contributed by atoms with Gasteiger partial charge in [-0.2, -0.15) is 0 Å². The third-order valence-corrected chi connectivity index (χ3v) is 2.11. The molecule has 0 amide bonds. The van der Waals surface area contributed by atoms with Gasteiger partial charge in [0.15, 0.2) is 5.75 Å². The second-order valence-corrected chi connectivity index (χ2v) is 3.29. The third kappa shape index (κ3) is 3.59. The standard InChI is InChI=1S/C9H7ClF5NO2/c1-17-6-4(3-10)2-5(7(11)12)16-8(6)18-9(13,14)15/h2,7H,3H2,1H3. The lowest BCUT2D eigenvalue weighted by Crippen LogP contribution is -2.19. The molecule has 0 bridgehead atoms. The molecule has 0 atom stereocenters. The van der Waals surface area contributed by atoms with Gasteiger partial charge in [-0.1, -0.05) is 0 Å². The molecule has 0 fully saturated rings. The van der Waals surface area contributed by atoms with Crippen LogP contribution in [0.15, 0.2) is 6.07 Å². The molecule has 0 aliphatic heterocycles. The van der Waals surface area contributed by atoms with Gasteiger partial charge in [0.05, 0.1) is 13.0 Å². The maximum Gasteiger partial charge on any atom is 0.574 e. The highest BCUT2D eigenvalue weighted by Crippen LogP contribution is 2.36. The molecular weight excluding hydrogens is 285 g/mol. The number of aromatic nitrogens is 1. The van der Waals surface area contributed by atoms with E-state index in [-0.39, 0.29) is 11.4 Å². The topological polar surface area (TPSA) is 31.4 Å². The first kappa shape index (κ1) is 14.7. The van der Waals surface area contributed by atoms with Gasteiger partial charge >= 0.3 is 6.36 Å². The Morgan fingerprint density at radius 3 is 2.39 bits per heavy atom. The van der Waals surface area contributed by atoms with Gasteiger partial charge in [-0.05, 0) is 6.07 Å². The number of hydrogen-bond acceptors (Lipinski definition) is 3. The van der Waals surface area contributed by atoms with Crippen molar-refractivity contribution in [2.24, 2.45) is 0 Å². The Morgan fingerprint density at radius 2 is 2.00 bits per heavy atom. The molecule has 9 heteroatoms. The van der Waals surface area contributed by atoms with Crippen molar-refractivity contribution in [1.29, 1.82) is 0 Å². The number of rotatable bonds is 4. The highest BCUT2D eigenvalue weighted by molar-refractivity contribution is 6.17. The predicted octanol–water partition coefficient (Wildman–Crippen LogP) is 3.67. The number of alkyl halides is 6. The lowest BCUT2D eigenvalue weighted by molar-refractivity contribution is -0.276. The van der Waals surface area contributed by atoms with Crippen molar-refractivity contribution >= 4 is 11.6 Å². The Balaban J connectivity index is 3.31. The fourth-order valence-corrected chi connectivity index (χ4v) is 1.39. The lowest BCUT2D eigenvalue weighted by Gasteiger charge is -2.15. The minimum atomic E-state index is -5.06. The van der Waals surface area contributed by atoms with Gasteiger partial charge in [-0.15, -0.1) is 24.8 Å². The summed E-state index contributed by atoms with van der Waals surface area (Å²) in [6, 6.07) is 0.861. The highest BCUT2D eigenvalue weighted by Gasteiger charge is 2.34. The van der Waals surface area contributed by atoms with Crippen molar-refractivity contribution in [3.05, 3.63) is 17.3 Å². The van der Waals surface area contributed by atoms with E-state index >= 15 is 0 Å². The van der Waals surface area contributed by atoms with Crippen molar-refractivity contribution in [2.75, 3.05) is 7.11 Å². The molecule has 1 heterocycles. The van der Waals surface area contributed by atoms with E-state index in [2.05, 4.69) is 14.5 Å². The molecule has 0 aromatic carbocycles. The zero-order valence-corrected chi connectivity index (χ0v) is 9.65. The summed E-state index contributed by atoms with van der Waals surface area (Å²) in [5, 5.41) is 0. The van der Waals surface area contributed by atoms with Crippen LogP contribution in [0.4, 0.5) is 22.0 Å². The zero-order chi connectivity index (χ0) is 13.9. The molecular formula is C9H7ClF5NO2. The minimum Gasteiger partial charge on any atom is -0.491 e. The average Bonchev–Trinajstić information content (AvgIpc) is 2.25. The van der Waals surface area contributed by atoms with Crippen LogP contribution in [-0.2, 0) is 5.88 Å². The Morgan fingerprint density at radius 1 is 1.39 bits per heavy atom. The SMILES string of the molecule is COc1c(CCl)cc(C(F)F)nc1OC(F)(F)F. The summed E-state index contributed by atoms with van der Waals surface area (Å²) in [5.74, 6) is -1.83. The molecule has 0 unspecified atom stereocenters. The summed E-state index contributed by atoms with van der Waals surface area (Å²) < 4.78 is 69.3. The molecule has 1 aromatic heterocycles. The Hall–Kier alpha value is -1.31. The summed E-state index contributed by atoms with van der Waals surface area (Å²) in [4.78, 5) is 3.06. The fraction of sp³-hybridized carbons (Fsp3) is 0.444. The normalized spacial score (nSPS) is 11.8. The van der Waals surface area contributed by atoms with Gasteiger partial charge in [-0.25, -0.2) is 13.8 Å². The van der Waals surface area contributed by atoms with E-state index in [1.165, 1.54) is 0 Å². The van der Waals surface area contributed by atoms with Crippen LogP contribution in [0.1, 0.15) is 17.7 Å². The molecule has 1 rings (SSSR count). The van der Waals surface area contributed by atoms with Gasteiger partial charge < -0.3 is 9.47 Å². The van der Waals surface area contributed by atoms with Gasteiger partial charge in [0.25, 0.3) is 12.3 Å². The molecule has 1 aromatic rings. The minimum absolute atomic E-state index is 0.0660. The van der Waals surface area contributed by atoms with E-state index in [0.717, 1.165) is 13.2 Å². The van der Waals surface area contributed by atoms with Crippen molar-refractivity contribution in [2.45, 2.75) is 18.7 Å². The molecule has 18 heavy (non-hydrogen) atoms. The van der Waals surface area contributed by atoms with E-state index in [9.17, 15) is 22.0 Å². The van der Waals surface area contributed by atoms with Crippen LogP contribution in [0.5, 0.6) is 11.6 Å². The average molecular weight is 292 g/mol. The zero-order valence-electron chi connectivity index (χ0n) is 8.89. The first-order chi connectivity index (χ1) is 8.28. The molecule has 0 spiro atoms. The van der Waals surface area contributed by atoms with Gasteiger partial charge in [0.1, 0.15) is 5.69 Å². The highest BCUT2D eigenvalue weighted by atomic mass is 35.5. The Labute approximate surface area is 103 Å². The monoisotopic (exact) mass is 291 g/mol. The van der Waals surface area contributed by atoms with Crippen molar-refractivity contribution in [3.8, 4) is 11.6 Å². The number of pyridine rings is 1. The molecule has 0 saturated heterocycles. The molecule has 102 valence electrons. The largest absolute Gasteiger partial charge is 0.574 e. The van der Waals surface area contributed by atoms with Gasteiger partial charge in [0.2, 0.25) is 0 Å². The quantitative estimate of drug-likeness (QED) is 0.626. The second-order valence-electron chi connectivity index (χ2n) is 3.03. The summed E-state index contributed by atoms with van der Waals surface area (Å²) in [5.41, 5.74) is -0.936. The number of ether oxygens (including phenoxy) is 2. The van der Waals surface area contributed by atoms with E-state index < -0.39 is 30.1 Å². The van der Waals surface area contributed by atoms with Crippen LogP contribution < -0.4 is 9.47 Å². The Kier molecular flexibility index (Phi) is 4.55. The molecule has 3 nitrogen and oxygen atoms in total. The van der Waals surface area contributed by atoms with Gasteiger partial charge in [-0.3, -0.25) is 0 Å². The predicted molar refractivity (Wildman–Crippen MR) is 52.0 cm³/mol. The molecule has 0 radical (unpaired) electrons.